The topological polar surface area (TPSA) is 113 Å². The van der Waals surface area contributed by atoms with Gasteiger partial charge in [0, 0.05) is 30.3 Å². The number of benzene rings is 1. The summed E-state index contributed by atoms with van der Waals surface area (Å²) in [5.74, 6) is 5.49. The smallest absolute Gasteiger partial charge is 0.273 e. The molecule has 5 N–H and O–H groups in total. The van der Waals surface area contributed by atoms with Gasteiger partial charge in [0.1, 0.15) is 0 Å². The van der Waals surface area contributed by atoms with Gasteiger partial charge in [-0.25, -0.2) is 0 Å². The molecule has 0 amide bonds. The summed E-state index contributed by atoms with van der Waals surface area (Å²) in [5, 5.41) is 23.7. The van der Waals surface area contributed by atoms with Crippen LogP contribution in [0, 0.1) is 16.0 Å². The molecule has 1 aromatic rings. The Morgan fingerprint density at radius 2 is 2.11 bits per heavy atom. The summed E-state index contributed by atoms with van der Waals surface area (Å²) < 4.78 is 0. The molecule has 2 atom stereocenters. The number of aliphatic hydroxyl groups excluding tert-OH is 1. The molecule has 1 fully saturated rings. The molecular formula is C12H18N4O3. The van der Waals surface area contributed by atoms with Gasteiger partial charge in [-0.15, -0.1) is 0 Å². The maximum absolute atomic E-state index is 10.8. The molecule has 7 nitrogen and oxygen atoms in total. The molecule has 2 rings (SSSR count). The number of nitrogen functional groups attached to an aromatic ring is 1. The highest BCUT2D eigenvalue weighted by Gasteiger charge is 2.24. The van der Waals surface area contributed by atoms with Crippen molar-refractivity contribution in [2.45, 2.75) is 25.4 Å². The van der Waals surface area contributed by atoms with E-state index in [0.29, 0.717) is 17.9 Å². The lowest BCUT2D eigenvalue weighted by Crippen LogP contribution is -2.22. The number of rotatable bonds is 5. The van der Waals surface area contributed by atoms with Gasteiger partial charge in [0.05, 0.1) is 16.7 Å². The minimum absolute atomic E-state index is 0.0232. The Morgan fingerprint density at radius 3 is 2.68 bits per heavy atom. The number of hydrazine groups is 1. The summed E-state index contributed by atoms with van der Waals surface area (Å²) in [5.41, 5.74) is 3.48. The molecule has 2 unspecified atom stereocenters. The average Bonchev–Trinajstić information content (AvgIpc) is 2.81. The van der Waals surface area contributed by atoms with E-state index in [1.165, 1.54) is 12.1 Å². The summed E-state index contributed by atoms with van der Waals surface area (Å²) in [7, 11) is 0. The number of non-ortho nitro benzene ring substituents is 1. The van der Waals surface area contributed by atoms with E-state index in [4.69, 9.17) is 5.84 Å². The fourth-order valence-electron chi connectivity index (χ4n) is 2.41. The average molecular weight is 266 g/mol. The van der Waals surface area contributed by atoms with Gasteiger partial charge >= 0.3 is 0 Å². The van der Waals surface area contributed by atoms with Crippen LogP contribution in [0.15, 0.2) is 18.2 Å². The lowest BCUT2D eigenvalue weighted by atomic mass is 10.1. The van der Waals surface area contributed by atoms with E-state index in [1.54, 1.807) is 6.07 Å². The summed E-state index contributed by atoms with van der Waals surface area (Å²) in [4.78, 5) is 10.3. The van der Waals surface area contributed by atoms with E-state index in [9.17, 15) is 15.2 Å². The molecule has 1 saturated carbocycles. The van der Waals surface area contributed by atoms with Crippen LogP contribution >= 0.6 is 0 Å². The molecule has 1 aromatic carbocycles. The molecule has 1 aliphatic rings. The number of aliphatic hydroxyl groups is 1. The van der Waals surface area contributed by atoms with Crippen molar-refractivity contribution < 1.29 is 10.0 Å². The predicted molar refractivity (Wildman–Crippen MR) is 72.7 cm³/mol. The first-order valence-electron chi connectivity index (χ1n) is 6.28. The maximum Gasteiger partial charge on any atom is 0.273 e. The van der Waals surface area contributed by atoms with Gasteiger partial charge in [-0.05, 0) is 18.9 Å². The second-order valence-electron chi connectivity index (χ2n) is 4.81. The Bertz CT molecular complexity index is 466. The van der Waals surface area contributed by atoms with Gasteiger partial charge in [0.15, 0.2) is 0 Å². The van der Waals surface area contributed by atoms with Gasteiger partial charge in [-0.3, -0.25) is 16.0 Å². The third kappa shape index (κ3) is 3.33. The van der Waals surface area contributed by atoms with Crippen molar-refractivity contribution in [3.05, 3.63) is 28.3 Å². The van der Waals surface area contributed by atoms with Crippen molar-refractivity contribution in [2.75, 3.05) is 17.3 Å². The maximum atomic E-state index is 10.8. The van der Waals surface area contributed by atoms with Crippen molar-refractivity contribution >= 4 is 17.1 Å². The normalized spacial score (nSPS) is 22.2. The van der Waals surface area contributed by atoms with Crippen LogP contribution in [0.1, 0.15) is 19.3 Å². The van der Waals surface area contributed by atoms with Crippen LogP contribution in [0.3, 0.4) is 0 Å². The molecule has 0 aliphatic heterocycles. The highest BCUT2D eigenvalue weighted by molar-refractivity contribution is 5.63. The Morgan fingerprint density at radius 1 is 1.37 bits per heavy atom. The van der Waals surface area contributed by atoms with E-state index < -0.39 is 4.92 Å². The molecule has 0 saturated heterocycles. The SMILES string of the molecule is NNc1cc(NCC2CCCC2O)cc([N+](=O)[O-])c1. The molecule has 7 heteroatoms. The van der Waals surface area contributed by atoms with E-state index >= 15 is 0 Å². The van der Waals surface area contributed by atoms with Crippen LogP contribution in [0.4, 0.5) is 17.1 Å². The van der Waals surface area contributed by atoms with E-state index in [0.717, 1.165) is 19.3 Å². The first-order valence-corrected chi connectivity index (χ1v) is 6.28. The third-order valence-corrected chi connectivity index (χ3v) is 3.48. The zero-order valence-electron chi connectivity index (χ0n) is 10.5. The zero-order valence-corrected chi connectivity index (χ0v) is 10.5. The second kappa shape index (κ2) is 5.85. The van der Waals surface area contributed by atoms with Gasteiger partial charge in [0.25, 0.3) is 5.69 Å². The molecule has 1 aliphatic carbocycles. The highest BCUT2D eigenvalue weighted by Crippen LogP contribution is 2.28. The predicted octanol–water partition coefficient (Wildman–Crippen LogP) is 1.45. The zero-order chi connectivity index (χ0) is 13.8. The molecule has 0 spiro atoms. The van der Waals surface area contributed by atoms with E-state index in [1.807, 2.05) is 0 Å². The van der Waals surface area contributed by atoms with Crippen LogP contribution in [-0.4, -0.2) is 22.7 Å². The summed E-state index contributed by atoms with van der Waals surface area (Å²) in [6.07, 6.45) is 2.55. The third-order valence-electron chi connectivity index (χ3n) is 3.48. The fourth-order valence-corrected chi connectivity index (χ4v) is 2.41. The lowest BCUT2D eigenvalue weighted by molar-refractivity contribution is -0.384. The minimum Gasteiger partial charge on any atom is -0.393 e. The number of anilines is 2. The van der Waals surface area contributed by atoms with Crippen LogP contribution < -0.4 is 16.6 Å². The minimum atomic E-state index is -0.462. The number of hydrogen-bond acceptors (Lipinski definition) is 6. The van der Waals surface area contributed by atoms with Crippen LogP contribution in [0.25, 0.3) is 0 Å². The number of nitrogens with one attached hydrogen (secondary N) is 2. The molecule has 0 heterocycles. The number of hydrogen-bond donors (Lipinski definition) is 4. The lowest BCUT2D eigenvalue weighted by Gasteiger charge is -2.16. The van der Waals surface area contributed by atoms with Crippen LogP contribution in [0.5, 0.6) is 0 Å². The number of nitro benzene ring substituents is 1. The van der Waals surface area contributed by atoms with Crippen molar-refractivity contribution in [3.8, 4) is 0 Å². The Labute approximate surface area is 110 Å². The molecule has 0 bridgehead atoms. The van der Waals surface area contributed by atoms with Gasteiger partial charge < -0.3 is 15.8 Å². The molecule has 0 aromatic heterocycles. The van der Waals surface area contributed by atoms with Crippen LogP contribution in [0.2, 0.25) is 0 Å². The number of nitrogens with zero attached hydrogens (tertiary/aromatic N) is 1. The van der Waals surface area contributed by atoms with Crippen molar-refractivity contribution in [3.63, 3.8) is 0 Å². The summed E-state index contributed by atoms with van der Waals surface area (Å²) >= 11 is 0. The second-order valence-corrected chi connectivity index (χ2v) is 4.81. The van der Waals surface area contributed by atoms with Crippen molar-refractivity contribution in [2.24, 2.45) is 11.8 Å². The van der Waals surface area contributed by atoms with Crippen LogP contribution in [-0.2, 0) is 0 Å². The van der Waals surface area contributed by atoms with E-state index in [-0.39, 0.29) is 17.7 Å². The van der Waals surface area contributed by atoms with Gasteiger partial charge in [0.2, 0.25) is 0 Å². The Balaban J connectivity index is 2.06. The Kier molecular flexibility index (Phi) is 4.18. The fraction of sp³-hybridized carbons (Fsp3) is 0.500. The van der Waals surface area contributed by atoms with Gasteiger partial charge in [-0.1, -0.05) is 6.42 Å². The summed E-state index contributed by atoms with van der Waals surface area (Å²) in [6.45, 7) is 0.604. The van der Waals surface area contributed by atoms with Crippen molar-refractivity contribution in [1.29, 1.82) is 0 Å². The molecule has 19 heavy (non-hydrogen) atoms. The highest BCUT2D eigenvalue weighted by atomic mass is 16.6. The number of nitrogens with two attached hydrogens (primary N) is 1. The van der Waals surface area contributed by atoms with Crippen molar-refractivity contribution in [1.82, 2.24) is 0 Å². The molecular weight excluding hydrogens is 248 g/mol. The quantitative estimate of drug-likeness (QED) is 0.364. The van der Waals surface area contributed by atoms with Gasteiger partial charge in [-0.2, -0.15) is 0 Å². The monoisotopic (exact) mass is 266 g/mol. The van der Waals surface area contributed by atoms with E-state index in [2.05, 4.69) is 10.7 Å². The molecule has 0 radical (unpaired) electrons. The first-order chi connectivity index (χ1) is 9.10. The Hall–Kier alpha value is -1.86. The largest absolute Gasteiger partial charge is 0.393 e. The standard InChI is InChI=1S/C12H18N4O3/c13-15-10-4-9(5-11(6-10)16(18)19)14-7-8-2-1-3-12(8)17/h4-6,8,12,14-15,17H,1-3,7,13H2. The molecule has 104 valence electrons. The summed E-state index contributed by atoms with van der Waals surface area (Å²) in [6, 6.07) is 4.53. The number of nitro groups is 1. The first kappa shape index (κ1) is 13.6.